The van der Waals surface area contributed by atoms with Gasteiger partial charge < -0.3 is 10.1 Å². The monoisotopic (exact) mass is 245 g/mol. The van der Waals surface area contributed by atoms with Crippen LogP contribution in [0.2, 0.25) is 0 Å². The van der Waals surface area contributed by atoms with Gasteiger partial charge >= 0.3 is 0 Å². The van der Waals surface area contributed by atoms with Crippen molar-refractivity contribution in [2.75, 3.05) is 5.32 Å². The van der Waals surface area contributed by atoms with Gasteiger partial charge in [0.25, 0.3) is 5.91 Å². The summed E-state index contributed by atoms with van der Waals surface area (Å²) in [4.78, 5) is 11.7. The van der Waals surface area contributed by atoms with E-state index in [-0.39, 0.29) is 12.0 Å². The molecule has 1 aromatic carbocycles. The maximum Gasteiger partial charge on any atom is 0.258 e. The minimum Gasteiger partial charge on any atom is -0.491 e. The zero-order valence-corrected chi connectivity index (χ0v) is 10.3. The van der Waals surface area contributed by atoms with Gasteiger partial charge in [0.2, 0.25) is 0 Å². The molecular weight excluding hydrogens is 230 g/mol. The van der Waals surface area contributed by atoms with Crippen LogP contribution in [-0.2, 0) is 0 Å². The molecule has 2 aromatic rings. The van der Waals surface area contributed by atoms with Gasteiger partial charge in [-0.3, -0.25) is 9.89 Å². The van der Waals surface area contributed by atoms with E-state index in [2.05, 4.69) is 15.5 Å². The minimum atomic E-state index is -0.193. The first-order valence-electron chi connectivity index (χ1n) is 5.72. The van der Waals surface area contributed by atoms with Crippen molar-refractivity contribution in [3.8, 4) is 5.75 Å². The second kappa shape index (κ2) is 5.35. The van der Waals surface area contributed by atoms with Crippen LogP contribution in [0.1, 0.15) is 24.2 Å². The number of amides is 1. The van der Waals surface area contributed by atoms with Crippen molar-refractivity contribution in [1.29, 1.82) is 0 Å². The van der Waals surface area contributed by atoms with Gasteiger partial charge in [-0.25, -0.2) is 0 Å². The molecule has 0 saturated heterocycles. The molecule has 1 aromatic heterocycles. The SMILES string of the molecule is CC(C)Oc1ccc(NC(=O)c2cn[nH]c2)cc1. The van der Waals surface area contributed by atoms with Crippen LogP contribution in [0.4, 0.5) is 5.69 Å². The fraction of sp³-hybridized carbons (Fsp3) is 0.231. The number of H-pyrrole nitrogens is 1. The van der Waals surface area contributed by atoms with Crippen LogP contribution < -0.4 is 10.1 Å². The van der Waals surface area contributed by atoms with Crippen LogP contribution in [-0.4, -0.2) is 22.2 Å². The van der Waals surface area contributed by atoms with E-state index in [0.717, 1.165) is 11.4 Å². The Kier molecular flexibility index (Phi) is 3.62. The van der Waals surface area contributed by atoms with Gasteiger partial charge in [-0.2, -0.15) is 5.10 Å². The van der Waals surface area contributed by atoms with Crippen LogP contribution in [0.3, 0.4) is 0 Å². The van der Waals surface area contributed by atoms with Gasteiger partial charge in [0.1, 0.15) is 5.75 Å². The zero-order chi connectivity index (χ0) is 13.0. The van der Waals surface area contributed by atoms with E-state index in [0.29, 0.717) is 5.56 Å². The van der Waals surface area contributed by atoms with Gasteiger partial charge in [0.15, 0.2) is 0 Å². The first-order valence-corrected chi connectivity index (χ1v) is 5.72. The van der Waals surface area contributed by atoms with Crippen molar-refractivity contribution in [3.63, 3.8) is 0 Å². The molecule has 0 spiro atoms. The summed E-state index contributed by atoms with van der Waals surface area (Å²) in [6, 6.07) is 7.25. The lowest BCUT2D eigenvalue weighted by atomic mass is 10.2. The molecule has 2 N–H and O–H groups in total. The third-order valence-corrected chi connectivity index (χ3v) is 2.24. The molecule has 0 aliphatic carbocycles. The molecule has 1 heterocycles. The largest absolute Gasteiger partial charge is 0.491 e. The highest BCUT2D eigenvalue weighted by atomic mass is 16.5. The third-order valence-electron chi connectivity index (χ3n) is 2.24. The molecule has 5 nitrogen and oxygen atoms in total. The maximum absolute atomic E-state index is 11.7. The molecule has 5 heteroatoms. The van der Waals surface area contributed by atoms with Gasteiger partial charge in [0, 0.05) is 11.9 Å². The highest BCUT2D eigenvalue weighted by Crippen LogP contribution is 2.17. The Balaban J connectivity index is 2.00. The summed E-state index contributed by atoms with van der Waals surface area (Å²) in [5.74, 6) is 0.590. The summed E-state index contributed by atoms with van der Waals surface area (Å²) < 4.78 is 5.52. The van der Waals surface area contributed by atoms with E-state index >= 15 is 0 Å². The lowest BCUT2D eigenvalue weighted by Crippen LogP contribution is -2.11. The number of ether oxygens (including phenoxy) is 1. The van der Waals surface area contributed by atoms with Crippen molar-refractivity contribution < 1.29 is 9.53 Å². The standard InChI is InChI=1S/C13H15N3O2/c1-9(2)18-12-5-3-11(4-6-12)16-13(17)10-7-14-15-8-10/h3-9H,1-2H3,(H,14,15)(H,16,17). The molecule has 0 aliphatic rings. The Bertz CT molecular complexity index is 504. The average molecular weight is 245 g/mol. The predicted molar refractivity (Wildman–Crippen MR) is 68.7 cm³/mol. The summed E-state index contributed by atoms with van der Waals surface area (Å²) in [5.41, 5.74) is 1.22. The fourth-order valence-corrected chi connectivity index (χ4v) is 1.47. The average Bonchev–Trinajstić information content (AvgIpc) is 2.84. The predicted octanol–water partition coefficient (Wildman–Crippen LogP) is 2.45. The summed E-state index contributed by atoms with van der Waals surface area (Å²) in [6.45, 7) is 3.93. The van der Waals surface area contributed by atoms with Crippen LogP contribution in [0.15, 0.2) is 36.7 Å². The number of anilines is 1. The Morgan fingerprint density at radius 1 is 1.33 bits per heavy atom. The van der Waals surface area contributed by atoms with Crippen LogP contribution in [0.25, 0.3) is 0 Å². The van der Waals surface area contributed by atoms with E-state index in [1.807, 2.05) is 26.0 Å². The number of benzene rings is 1. The summed E-state index contributed by atoms with van der Waals surface area (Å²) in [5, 5.41) is 9.09. The molecule has 0 saturated carbocycles. The van der Waals surface area contributed by atoms with Crippen molar-refractivity contribution in [3.05, 3.63) is 42.2 Å². The molecule has 2 rings (SSSR count). The molecule has 0 radical (unpaired) electrons. The smallest absolute Gasteiger partial charge is 0.258 e. The number of hydrogen-bond donors (Lipinski definition) is 2. The number of aromatic amines is 1. The van der Waals surface area contributed by atoms with Gasteiger partial charge in [-0.15, -0.1) is 0 Å². The number of aromatic nitrogens is 2. The molecule has 0 bridgehead atoms. The Morgan fingerprint density at radius 3 is 2.61 bits per heavy atom. The molecule has 0 aliphatic heterocycles. The maximum atomic E-state index is 11.7. The second-order valence-electron chi connectivity index (χ2n) is 4.13. The Labute approximate surface area is 105 Å². The molecule has 94 valence electrons. The van der Waals surface area contributed by atoms with E-state index in [1.54, 1.807) is 18.3 Å². The normalized spacial score (nSPS) is 10.4. The number of carbonyl (C=O) groups is 1. The van der Waals surface area contributed by atoms with Crippen molar-refractivity contribution in [2.45, 2.75) is 20.0 Å². The first-order chi connectivity index (χ1) is 8.65. The highest BCUT2D eigenvalue weighted by molar-refractivity contribution is 6.03. The summed E-state index contributed by atoms with van der Waals surface area (Å²) in [7, 11) is 0. The zero-order valence-electron chi connectivity index (χ0n) is 10.3. The highest BCUT2D eigenvalue weighted by Gasteiger charge is 2.06. The van der Waals surface area contributed by atoms with Gasteiger partial charge in [-0.1, -0.05) is 0 Å². The van der Waals surface area contributed by atoms with Gasteiger partial charge in [0.05, 0.1) is 17.9 Å². The quantitative estimate of drug-likeness (QED) is 0.869. The third kappa shape index (κ3) is 3.10. The molecule has 0 atom stereocenters. The van der Waals surface area contributed by atoms with Crippen LogP contribution in [0.5, 0.6) is 5.75 Å². The molecular formula is C13H15N3O2. The summed E-state index contributed by atoms with van der Waals surface area (Å²) in [6.07, 6.45) is 3.16. The number of nitrogens with one attached hydrogen (secondary N) is 2. The van der Waals surface area contributed by atoms with E-state index in [1.165, 1.54) is 6.20 Å². The van der Waals surface area contributed by atoms with Crippen molar-refractivity contribution in [2.24, 2.45) is 0 Å². The van der Waals surface area contributed by atoms with E-state index < -0.39 is 0 Å². The molecule has 0 fully saturated rings. The second-order valence-corrected chi connectivity index (χ2v) is 4.13. The lowest BCUT2D eigenvalue weighted by Gasteiger charge is -2.10. The van der Waals surface area contributed by atoms with E-state index in [4.69, 9.17) is 4.74 Å². The number of rotatable bonds is 4. The number of carbonyl (C=O) groups excluding carboxylic acids is 1. The minimum absolute atomic E-state index is 0.136. The van der Waals surface area contributed by atoms with Crippen molar-refractivity contribution in [1.82, 2.24) is 10.2 Å². The molecule has 0 unspecified atom stereocenters. The van der Waals surface area contributed by atoms with Gasteiger partial charge in [-0.05, 0) is 38.1 Å². The number of nitrogens with zero attached hydrogens (tertiary/aromatic N) is 1. The van der Waals surface area contributed by atoms with Crippen LogP contribution >= 0.6 is 0 Å². The Hall–Kier alpha value is -2.30. The van der Waals surface area contributed by atoms with E-state index in [9.17, 15) is 4.79 Å². The Morgan fingerprint density at radius 2 is 2.06 bits per heavy atom. The van der Waals surface area contributed by atoms with Crippen LogP contribution in [0, 0.1) is 0 Å². The first kappa shape index (κ1) is 12.2. The topological polar surface area (TPSA) is 67.0 Å². The molecule has 18 heavy (non-hydrogen) atoms. The lowest BCUT2D eigenvalue weighted by molar-refractivity contribution is 0.102. The number of hydrogen-bond acceptors (Lipinski definition) is 3. The molecule has 1 amide bonds. The fourth-order valence-electron chi connectivity index (χ4n) is 1.47. The van der Waals surface area contributed by atoms with Crippen molar-refractivity contribution >= 4 is 11.6 Å². The summed E-state index contributed by atoms with van der Waals surface area (Å²) >= 11 is 0.